The summed E-state index contributed by atoms with van der Waals surface area (Å²) in [5.74, 6) is -0.681. The monoisotopic (exact) mass is 496 g/mol. The predicted octanol–water partition coefficient (Wildman–Crippen LogP) is -1.17. The molecule has 12 nitrogen and oxygen atoms in total. The summed E-state index contributed by atoms with van der Waals surface area (Å²) in [4.78, 5) is 12.2. The number of carbonyl (C=O) groups excluding carboxylic acids is 1. The van der Waals surface area contributed by atoms with Gasteiger partial charge in [-0.3, -0.25) is 0 Å². The Balaban J connectivity index is 1.71. The molecule has 0 aromatic heterocycles. The molecule has 7 N–H and O–H groups in total. The van der Waals surface area contributed by atoms with E-state index in [9.17, 15) is 35.4 Å². The Morgan fingerprint density at radius 2 is 1.69 bits per heavy atom. The summed E-state index contributed by atoms with van der Waals surface area (Å²) in [7, 11) is 1.31. The van der Waals surface area contributed by atoms with E-state index in [0.29, 0.717) is 0 Å². The summed E-state index contributed by atoms with van der Waals surface area (Å²) in [6, 6.07) is 9.37. The minimum Gasteiger partial charge on any atom is -0.508 e. The first kappa shape index (κ1) is 26.6. The van der Waals surface area contributed by atoms with Crippen molar-refractivity contribution in [3.8, 4) is 17.2 Å². The van der Waals surface area contributed by atoms with Crippen molar-refractivity contribution in [1.82, 2.24) is 0 Å². The molecule has 0 aliphatic carbocycles. The van der Waals surface area contributed by atoms with E-state index in [1.165, 1.54) is 49.6 Å². The molecule has 192 valence electrons. The van der Waals surface area contributed by atoms with Crippen LogP contribution in [0.2, 0.25) is 0 Å². The molecule has 1 heterocycles. The largest absolute Gasteiger partial charge is 0.508 e. The van der Waals surface area contributed by atoms with E-state index in [-0.39, 0.29) is 28.4 Å². The van der Waals surface area contributed by atoms with Crippen molar-refractivity contribution >= 4 is 5.97 Å². The Morgan fingerprint density at radius 3 is 2.31 bits per heavy atom. The van der Waals surface area contributed by atoms with E-state index >= 15 is 0 Å². The molecular weight excluding hydrogens is 468 g/mol. The highest BCUT2D eigenvalue weighted by molar-refractivity contribution is 5.89. The normalized spacial score (nSPS) is 26.0. The van der Waals surface area contributed by atoms with Gasteiger partial charge in [-0.25, -0.2) is 4.79 Å². The van der Waals surface area contributed by atoms with Gasteiger partial charge in [-0.15, -0.1) is 0 Å². The molecule has 1 aliphatic heterocycles. The summed E-state index contributed by atoms with van der Waals surface area (Å²) in [5, 5.41) is 68.9. The summed E-state index contributed by atoms with van der Waals surface area (Å²) in [5.41, 5.74) is 0.357. The maximum absolute atomic E-state index is 12.2. The van der Waals surface area contributed by atoms with Gasteiger partial charge in [0.05, 0.1) is 19.3 Å². The molecule has 2 aromatic rings. The number of aliphatic hydroxyl groups is 6. The second-order valence-corrected chi connectivity index (χ2v) is 7.88. The lowest BCUT2D eigenvalue weighted by Crippen LogP contribution is -2.60. The van der Waals surface area contributed by atoms with Crippen molar-refractivity contribution in [3.05, 3.63) is 53.6 Å². The van der Waals surface area contributed by atoms with Crippen molar-refractivity contribution in [2.24, 2.45) is 0 Å². The number of hydrogen-bond donors (Lipinski definition) is 7. The lowest BCUT2D eigenvalue weighted by Gasteiger charge is -2.40. The van der Waals surface area contributed by atoms with Crippen LogP contribution in [0.1, 0.15) is 22.0 Å². The van der Waals surface area contributed by atoms with Crippen molar-refractivity contribution in [1.29, 1.82) is 0 Å². The number of methoxy groups -OCH3 is 1. The lowest BCUT2D eigenvalue weighted by molar-refractivity contribution is -0.277. The highest BCUT2D eigenvalue weighted by atomic mass is 16.7. The third-order valence-corrected chi connectivity index (χ3v) is 5.47. The molecule has 2 aromatic carbocycles. The lowest BCUT2D eigenvalue weighted by atomic mass is 9.99. The molecule has 0 unspecified atom stereocenters. The number of benzene rings is 2. The molecule has 7 atom stereocenters. The highest BCUT2D eigenvalue weighted by Gasteiger charge is 2.45. The molecule has 1 fully saturated rings. The molecule has 12 heteroatoms. The Kier molecular flexibility index (Phi) is 8.86. The maximum Gasteiger partial charge on any atom is 0.338 e. The van der Waals surface area contributed by atoms with Crippen LogP contribution in [0.5, 0.6) is 17.2 Å². The standard InChI is InChI=1S/C23H28O12/c1-32-16-8-12(18(27)14(26)9-24)4-7-15(16)34-23-21(30)20(29)19(28)17(35-23)10-33-22(31)11-2-5-13(25)6-3-11/h2-8,14,17-21,23-30H,9-10H2,1H3/t14-,17+,18-,19+,20-,21+,23+/m0/s1. The van der Waals surface area contributed by atoms with E-state index in [1.807, 2.05) is 0 Å². The Labute approximate surface area is 200 Å². The van der Waals surface area contributed by atoms with Crippen molar-refractivity contribution < 1.29 is 59.5 Å². The number of phenols is 1. The summed E-state index contributed by atoms with van der Waals surface area (Å²) < 4.78 is 21.5. The topological polar surface area (TPSA) is 196 Å². The molecule has 0 saturated carbocycles. The number of aromatic hydroxyl groups is 1. The Bertz CT molecular complexity index is 981. The molecule has 0 bridgehead atoms. The molecule has 0 radical (unpaired) electrons. The summed E-state index contributed by atoms with van der Waals surface area (Å²) >= 11 is 0. The molecule has 1 saturated heterocycles. The van der Waals surface area contributed by atoms with Crippen LogP contribution in [-0.2, 0) is 9.47 Å². The first-order chi connectivity index (χ1) is 16.7. The Morgan fingerprint density at radius 1 is 1.00 bits per heavy atom. The van der Waals surface area contributed by atoms with E-state index in [0.717, 1.165) is 0 Å². The van der Waals surface area contributed by atoms with Crippen LogP contribution in [0, 0.1) is 0 Å². The molecule has 0 amide bonds. The van der Waals surface area contributed by atoms with Crippen LogP contribution < -0.4 is 9.47 Å². The Hall–Kier alpha value is -2.97. The zero-order chi connectivity index (χ0) is 25.7. The second-order valence-electron chi connectivity index (χ2n) is 7.88. The van der Waals surface area contributed by atoms with Crippen molar-refractivity contribution in [2.75, 3.05) is 20.3 Å². The zero-order valence-corrected chi connectivity index (χ0v) is 18.7. The fourth-order valence-corrected chi connectivity index (χ4v) is 3.40. The number of ether oxygens (including phenoxy) is 4. The highest BCUT2D eigenvalue weighted by Crippen LogP contribution is 2.34. The van der Waals surface area contributed by atoms with Crippen LogP contribution in [0.15, 0.2) is 42.5 Å². The number of aliphatic hydroxyl groups excluding tert-OH is 6. The van der Waals surface area contributed by atoms with Crippen molar-refractivity contribution in [3.63, 3.8) is 0 Å². The third-order valence-electron chi connectivity index (χ3n) is 5.47. The number of carbonyl (C=O) groups is 1. The smallest absolute Gasteiger partial charge is 0.338 e. The first-order valence-electron chi connectivity index (χ1n) is 10.6. The second kappa shape index (κ2) is 11.6. The fourth-order valence-electron chi connectivity index (χ4n) is 3.40. The average molecular weight is 496 g/mol. The van der Waals surface area contributed by atoms with Gasteiger partial charge in [0.1, 0.15) is 49.0 Å². The SMILES string of the molecule is COc1cc([C@H](O)[C@@H](O)CO)ccc1O[C@@H]1O[C@H](COC(=O)c2ccc(O)cc2)[C@@H](O)[C@H](O)[C@H]1O. The van der Waals surface area contributed by atoms with Gasteiger partial charge in [-0.2, -0.15) is 0 Å². The molecule has 3 rings (SSSR count). The van der Waals surface area contributed by atoms with Gasteiger partial charge in [0.25, 0.3) is 0 Å². The van der Waals surface area contributed by atoms with E-state index in [2.05, 4.69) is 0 Å². The van der Waals surface area contributed by atoms with Crippen LogP contribution in [-0.4, -0.2) is 98.8 Å². The van der Waals surface area contributed by atoms with Crippen LogP contribution in [0.25, 0.3) is 0 Å². The van der Waals surface area contributed by atoms with Crippen LogP contribution in [0.4, 0.5) is 0 Å². The quantitative estimate of drug-likeness (QED) is 0.206. The number of phenolic OH excluding ortho intramolecular Hbond substituents is 1. The van der Waals surface area contributed by atoms with E-state index in [1.54, 1.807) is 0 Å². The van der Waals surface area contributed by atoms with Gasteiger partial charge in [-0.1, -0.05) is 6.07 Å². The molecule has 0 spiro atoms. The fraction of sp³-hybridized carbons (Fsp3) is 0.435. The molecular formula is C23H28O12. The predicted molar refractivity (Wildman–Crippen MR) is 117 cm³/mol. The van der Waals surface area contributed by atoms with Crippen LogP contribution >= 0.6 is 0 Å². The van der Waals surface area contributed by atoms with Gasteiger partial charge < -0.3 is 54.7 Å². The van der Waals surface area contributed by atoms with Gasteiger partial charge in [0.15, 0.2) is 11.5 Å². The first-order valence-corrected chi connectivity index (χ1v) is 10.6. The molecule has 1 aliphatic rings. The van der Waals surface area contributed by atoms with Gasteiger partial charge in [0, 0.05) is 0 Å². The number of rotatable bonds is 9. The van der Waals surface area contributed by atoms with Gasteiger partial charge in [0.2, 0.25) is 6.29 Å². The van der Waals surface area contributed by atoms with E-state index in [4.69, 9.17) is 24.1 Å². The number of hydrogen-bond acceptors (Lipinski definition) is 12. The summed E-state index contributed by atoms with van der Waals surface area (Å²) in [6.07, 6.45) is -10.6. The molecule has 35 heavy (non-hydrogen) atoms. The van der Waals surface area contributed by atoms with Gasteiger partial charge in [-0.05, 0) is 42.0 Å². The van der Waals surface area contributed by atoms with Crippen molar-refractivity contribution in [2.45, 2.75) is 42.9 Å². The summed E-state index contributed by atoms with van der Waals surface area (Å²) in [6.45, 7) is -1.14. The minimum absolute atomic E-state index is 0.0350. The maximum atomic E-state index is 12.2. The van der Waals surface area contributed by atoms with Crippen LogP contribution in [0.3, 0.4) is 0 Å². The third kappa shape index (κ3) is 6.18. The zero-order valence-electron chi connectivity index (χ0n) is 18.7. The number of esters is 1. The average Bonchev–Trinajstić information content (AvgIpc) is 2.87. The van der Waals surface area contributed by atoms with E-state index < -0.39 is 62.1 Å². The minimum atomic E-state index is -1.70. The van der Waals surface area contributed by atoms with Gasteiger partial charge >= 0.3 is 5.97 Å².